The van der Waals surface area contributed by atoms with Gasteiger partial charge in [0.2, 0.25) is 5.52 Å². The quantitative estimate of drug-likeness (QED) is 0.287. The Morgan fingerprint density at radius 2 is 1.79 bits per heavy atom. The first-order valence-corrected chi connectivity index (χ1v) is 11.9. The molecule has 0 fully saturated rings. The van der Waals surface area contributed by atoms with Crippen molar-refractivity contribution in [1.82, 2.24) is 0 Å². The number of aromatic nitrogens is 1. The van der Waals surface area contributed by atoms with Crippen molar-refractivity contribution < 1.29 is 4.57 Å². The average molecular weight is 460 g/mol. The van der Waals surface area contributed by atoms with Gasteiger partial charge in [0.1, 0.15) is 11.2 Å². The lowest BCUT2D eigenvalue weighted by Gasteiger charge is -2.17. The summed E-state index contributed by atoms with van der Waals surface area (Å²) in [4.78, 5) is 3.52. The zero-order chi connectivity index (χ0) is 20.4. The van der Waals surface area contributed by atoms with Crippen LogP contribution in [-0.4, -0.2) is 6.54 Å². The van der Waals surface area contributed by atoms with E-state index < -0.39 is 0 Å². The van der Waals surface area contributed by atoms with Crippen LogP contribution >= 0.6 is 46.3 Å². The number of thioether (sulfide) groups is 1. The minimum absolute atomic E-state index is 0.779. The third-order valence-electron chi connectivity index (χ3n) is 4.72. The topological polar surface area (TPSA) is 7.12 Å². The number of nitrogens with zero attached hydrogens (tertiary/aromatic N) is 2. The van der Waals surface area contributed by atoms with Crippen molar-refractivity contribution in [3.63, 3.8) is 0 Å². The molecule has 2 nitrogen and oxygen atoms in total. The zero-order valence-electron chi connectivity index (χ0n) is 16.2. The van der Waals surface area contributed by atoms with Gasteiger partial charge in [0.05, 0.1) is 10.7 Å². The van der Waals surface area contributed by atoms with E-state index in [4.69, 9.17) is 23.2 Å². The van der Waals surface area contributed by atoms with Gasteiger partial charge in [-0.3, -0.25) is 0 Å². The second kappa shape index (κ2) is 8.97. The number of hydrogen-bond donors (Lipinski definition) is 0. The zero-order valence-corrected chi connectivity index (χ0v) is 19.4. The van der Waals surface area contributed by atoms with Gasteiger partial charge in [-0.15, -0.1) is 0 Å². The number of thiazole rings is 1. The number of fused-ring (bicyclic) bond motifs is 2. The van der Waals surface area contributed by atoms with Crippen molar-refractivity contribution >= 4 is 68.3 Å². The molecule has 0 atom stereocenters. The van der Waals surface area contributed by atoms with Crippen LogP contribution in [0, 0.1) is 0 Å². The van der Waals surface area contributed by atoms with E-state index in [9.17, 15) is 0 Å². The SMILES string of the molecule is CCN1/C(=C/C=C/C=C/c2sc3cc(Cl)ccc3[n+]2CC)Sc2cc(Cl)ccc21. The molecule has 0 saturated heterocycles. The van der Waals surface area contributed by atoms with Gasteiger partial charge >= 0.3 is 0 Å². The maximum atomic E-state index is 6.15. The maximum Gasteiger partial charge on any atom is 0.262 e. The second-order valence-corrected chi connectivity index (χ2v) is 9.50. The van der Waals surface area contributed by atoms with Crippen molar-refractivity contribution in [2.24, 2.45) is 0 Å². The highest BCUT2D eigenvalue weighted by molar-refractivity contribution is 8.03. The molecule has 2 heterocycles. The third kappa shape index (κ3) is 4.26. The summed E-state index contributed by atoms with van der Waals surface area (Å²) < 4.78 is 3.52. The Morgan fingerprint density at radius 3 is 2.59 bits per heavy atom. The van der Waals surface area contributed by atoms with Crippen LogP contribution in [0.4, 0.5) is 5.69 Å². The van der Waals surface area contributed by atoms with Gasteiger partial charge in [0.25, 0.3) is 5.01 Å². The molecule has 0 N–H and O–H groups in total. The Hall–Kier alpha value is -1.72. The summed E-state index contributed by atoms with van der Waals surface area (Å²) in [5, 5.41) is 3.99. The van der Waals surface area contributed by atoms with Crippen LogP contribution in [0.1, 0.15) is 18.9 Å². The van der Waals surface area contributed by atoms with Crippen molar-refractivity contribution in [2.45, 2.75) is 25.3 Å². The predicted octanol–water partition coefficient (Wildman–Crippen LogP) is 7.56. The molecule has 29 heavy (non-hydrogen) atoms. The van der Waals surface area contributed by atoms with Gasteiger partial charge in [-0.25, -0.2) is 0 Å². The average Bonchev–Trinajstić information content (AvgIpc) is 3.23. The first-order valence-electron chi connectivity index (χ1n) is 9.52. The number of halogens is 2. The number of anilines is 1. The summed E-state index contributed by atoms with van der Waals surface area (Å²) >= 11 is 15.8. The third-order valence-corrected chi connectivity index (χ3v) is 7.41. The molecule has 148 valence electrons. The standard InChI is InChI=1S/C23H21Cl2N2S2/c1-3-26-18-12-10-16(24)14-20(18)28-22(26)8-6-5-7-9-23-27(4-2)19-13-11-17(25)15-21(19)29-23/h5-15H,3-4H2,1-2H3/q+1. The number of aryl methyl sites for hydroxylation is 1. The number of allylic oxidation sites excluding steroid dienone is 4. The molecule has 2 aromatic carbocycles. The molecule has 1 aliphatic rings. The minimum Gasteiger partial charge on any atom is -0.335 e. The summed E-state index contributed by atoms with van der Waals surface area (Å²) in [6, 6.07) is 12.2. The van der Waals surface area contributed by atoms with Crippen LogP contribution in [0.5, 0.6) is 0 Å². The molecular weight excluding hydrogens is 439 g/mol. The highest BCUT2D eigenvalue weighted by atomic mass is 35.5. The molecule has 0 radical (unpaired) electrons. The predicted molar refractivity (Wildman–Crippen MR) is 129 cm³/mol. The smallest absolute Gasteiger partial charge is 0.262 e. The minimum atomic E-state index is 0.779. The largest absolute Gasteiger partial charge is 0.335 e. The van der Waals surface area contributed by atoms with Gasteiger partial charge in [-0.1, -0.05) is 64.5 Å². The fourth-order valence-corrected chi connectivity index (χ4v) is 6.23. The van der Waals surface area contributed by atoms with E-state index in [1.807, 2.05) is 24.3 Å². The Bertz CT molecular complexity index is 1150. The molecule has 0 amide bonds. The molecule has 0 spiro atoms. The van der Waals surface area contributed by atoms with Crippen molar-refractivity contribution in [1.29, 1.82) is 0 Å². The molecule has 4 rings (SSSR count). The van der Waals surface area contributed by atoms with Crippen LogP contribution in [-0.2, 0) is 6.54 Å². The van der Waals surface area contributed by atoms with E-state index in [1.54, 1.807) is 23.1 Å². The summed E-state index contributed by atoms with van der Waals surface area (Å²) in [6.45, 7) is 6.19. The highest BCUT2D eigenvalue weighted by Crippen LogP contribution is 2.46. The van der Waals surface area contributed by atoms with Gasteiger partial charge in [0, 0.05) is 33.6 Å². The van der Waals surface area contributed by atoms with Crippen molar-refractivity contribution in [3.05, 3.63) is 80.8 Å². The Kier molecular flexibility index (Phi) is 6.35. The van der Waals surface area contributed by atoms with Gasteiger partial charge in [0.15, 0.2) is 0 Å². The van der Waals surface area contributed by atoms with E-state index in [0.29, 0.717) is 0 Å². The monoisotopic (exact) mass is 459 g/mol. The molecule has 0 unspecified atom stereocenters. The normalized spacial score (nSPS) is 15.4. The second-order valence-electron chi connectivity index (χ2n) is 6.50. The van der Waals surface area contributed by atoms with Crippen LogP contribution in [0.3, 0.4) is 0 Å². The lowest BCUT2D eigenvalue weighted by atomic mass is 10.3. The Morgan fingerprint density at radius 1 is 1.00 bits per heavy atom. The van der Waals surface area contributed by atoms with Gasteiger partial charge in [-0.05, 0) is 50.3 Å². The lowest BCUT2D eigenvalue weighted by molar-refractivity contribution is -0.665. The van der Waals surface area contributed by atoms with Crippen LogP contribution in [0.2, 0.25) is 10.0 Å². The number of hydrogen-bond acceptors (Lipinski definition) is 3. The molecule has 0 aliphatic carbocycles. The van der Waals surface area contributed by atoms with Crippen molar-refractivity contribution in [3.8, 4) is 0 Å². The van der Waals surface area contributed by atoms with E-state index in [-0.39, 0.29) is 0 Å². The fraction of sp³-hybridized carbons (Fsp3) is 0.174. The molecular formula is C23H21Cl2N2S2+. The molecule has 1 aromatic heterocycles. The van der Waals surface area contributed by atoms with E-state index in [0.717, 1.165) is 23.1 Å². The van der Waals surface area contributed by atoms with E-state index in [1.165, 1.54) is 30.8 Å². The van der Waals surface area contributed by atoms with E-state index in [2.05, 4.69) is 65.8 Å². The maximum absolute atomic E-state index is 6.15. The van der Waals surface area contributed by atoms with Crippen LogP contribution < -0.4 is 9.47 Å². The Balaban J connectivity index is 1.52. The molecule has 0 bridgehead atoms. The summed E-state index contributed by atoms with van der Waals surface area (Å²) in [7, 11) is 0. The van der Waals surface area contributed by atoms with Gasteiger partial charge < -0.3 is 4.90 Å². The van der Waals surface area contributed by atoms with Crippen LogP contribution in [0.15, 0.2) is 70.6 Å². The first-order chi connectivity index (χ1) is 14.1. The molecule has 3 aromatic rings. The number of benzene rings is 2. The lowest BCUT2D eigenvalue weighted by Crippen LogP contribution is -2.33. The summed E-state index contributed by atoms with van der Waals surface area (Å²) in [5.74, 6) is 0. The summed E-state index contributed by atoms with van der Waals surface area (Å²) in [6.07, 6.45) is 10.6. The first kappa shape index (κ1) is 20.5. The molecule has 1 aliphatic heterocycles. The number of rotatable bonds is 5. The Labute approximate surface area is 189 Å². The van der Waals surface area contributed by atoms with Crippen LogP contribution in [0.25, 0.3) is 16.3 Å². The fourth-order valence-electron chi connectivity index (χ4n) is 3.40. The van der Waals surface area contributed by atoms with Crippen molar-refractivity contribution in [2.75, 3.05) is 11.4 Å². The highest BCUT2D eigenvalue weighted by Gasteiger charge is 2.23. The summed E-state index contributed by atoms with van der Waals surface area (Å²) in [5.41, 5.74) is 2.45. The van der Waals surface area contributed by atoms with E-state index >= 15 is 0 Å². The van der Waals surface area contributed by atoms with Gasteiger partial charge in [-0.2, -0.15) is 4.57 Å². The molecule has 6 heteroatoms. The molecule has 0 saturated carbocycles.